The average Bonchev–Trinajstić information content (AvgIpc) is 3.28. The van der Waals surface area contributed by atoms with Gasteiger partial charge in [-0.1, -0.05) is 32.0 Å². The molecular formula is C17H26N2O2. The maximum absolute atomic E-state index is 11.7. The van der Waals surface area contributed by atoms with Gasteiger partial charge in [0.2, 0.25) is 0 Å². The van der Waals surface area contributed by atoms with Crippen molar-refractivity contribution in [3.63, 3.8) is 0 Å². The van der Waals surface area contributed by atoms with Gasteiger partial charge in [-0.05, 0) is 37.3 Å². The lowest BCUT2D eigenvalue weighted by atomic mass is 10.2. The molecule has 0 unspecified atom stereocenters. The molecule has 1 fully saturated rings. The summed E-state index contributed by atoms with van der Waals surface area (Å²) in [5, 5.41) is 6.31. The molecule has 0 spiro atoms. The van der Waals surface area contributed by atoms with E-state index in [4.69, 9.17) is 4.74 Å². The highest BCUT2D eigenvalue weighted by atomic mass is 16.5. The SMILES string of the molecule is CC(C)CNCc1ccccc1OCC(=O)NCC1CC1. The first-order chi connectivity index (χ1) is 10.1. The molecule has 2 rings (SSSR count). The van der Waals surface area contributed by atoms with Crippen LogP contribution in [0.2, 0.25) is 0 Å². The zero-order valence-electron chi connectivity index (χ0n) is 13.0. The van der Waals surface area contributed by atoms with Gasteiger partial charge < -0.3 is 15.4 Å². The van der Waals surface area contributed by atoms with Crippen LogP contribution in [0.4, 0.5) is 0 Å². The third kappa shape index (κ3) is 6.17. The van der Waals surface area contributed by atoms with Gasteiger partial charge in [-0.2, -0.15) is 0 Å². The predicted octanol–water partition coefficient (Wildman–Crippen LogP) is 2.34. The molecule has 1 aliphatic rings. The number of amides is 1. The lowest BCUT2D eigenvalue weighted by Gasteiger charge is -2.13. The number of carbonyl (C=O) groups excluding carboxylic acids is 1. The van der Waals surface area contributed by atoms with E-state index in [2.05, 4.69) is 24.5 Å². The van der Waals surface area contributed by atoms with Crippen LogP contribution >= 0.6 is 0 Å². The first kappa shape index (κ1) is 15.8. The van der Waals surface area contributed by atoms with Crippen molar-refractivity contribution in [1.29, 1.82) is 0 Å². The van der Waals surface area contributed by atoms with Crippen LogP contribution in [0.15, 0.2) is 24.3 Å². The van der Waals surface area contributed by atoms with Gasteiger partial charge in [0.1, 0.15) is 5.75 Å². The molecule has 0 radical (unpaired) electrons. The van der Waals surface area contributed by atoms with E-state index in [0.717, 1.165) is 30.9 Å². The highest BCUT2D eigenvalue weighted by Crippen LogP contribution is 2.27. The van der Waals surface area contributed by atoms with Crippen LogP contribution in [0.1, 0.15) is 32.3 Å². The van der Waals surface area contributed by atoms with Crippen LogP contribution in [-0.2, 0) is 11.3 Å². The molecule has 116 valence electrons. The number of ether oxygens (including phenoxy) is 1. The van der Waals surface area contributed by atoms with E-state index < -0.39 is 0 Å². The van der Waals surface area contributed by atoms with Gasteiger partial charge >= 0.3 is 0 Å². The lowest BCUT2D eigenvalue weighted by Crippen LogP contribution is -2.30. The molecule has 0 heterocycles. The van der Waals surface area contributed by atoms with E-state index in [1.807, 2.05) is 24.3 Å². The molecule has 2 N–H and O–H groups in total. The fraction of sp³-hybridized carbons (Fsp3) is 0.588. The lowest BCUT2D eigenvalue weighted by molar-refractivity contribution is -0.123. The predicted molar refractivity (Wildman–Crippen MR) is 84.2 cm³/mol. The van der Waals surface area contributed by atoms with Crippen molar-refractivity contribution in [3.05, 3.63) is 29.8 Å². The van der Waals surface area contributed by atoms with Gasteiger partial charge in [-0.15, -0.1) is 0 Å². The Morgan fingerprint density at radius 1 is 1.33 bits per heavy atom. The van der Waals surface area contributed by atoms with Crippen LogP contribution in [-0.4, -0.2) is 25.6 Å². The molecule has 1 saturated carbocycles. The third-order valence-corrected chi connectivity index (χ3v) is 3.48. The number of nitrogens with one attached hydrogen (secondary N) is 2. The monoisotopic (exact) mass is 290 g/mol. The molecule has 0 aromatic heterocycles. The number of hydrogen-bond donors (Lipinski definition) is 2. The van der Waals surface area contributed by atoms with Crippen LogP contribution in [0.25, 0.3) is 0 Å². The summed E-state index contributed by atoms with van der Waals surface area (Å²) in [5.41, 5.74) is 1.09. The zero-order valence-corrected chi connectivity index (χ0v) is 13.0. The standard InChI is InChI=1S/C17H26N2O2/c1-13(2)9-18-11-15-5-3-4-6-16(15)21-12-17(20)19-10-14-7-8-14/h3-6,13-14,18H,7-12H2,1-2H3,(H,19,20). The quantitative estimate of drug-likeness (QED) is 0.734. The second-order valence-electron chi connectivity index (χ2n) is 6.17. The molecule has 0 aliphatic heterocycles. The van der Waals surface area contributed by atoms with E-state index in [0.29, 0.717) is 11.8 Å². The Hall–Kier alpha value is -1.55. The molecule has 4 nitrogen and oxygen atoms in total. The molecule has 1 aromatic carbocycles. The number of para-hydroxylation sites is 1. The van der Waals surface area contributed by atoms with Gasteiger partial charge in [0, 0.05) is 18.7 Å². The molecular weight excluding hydrogens is 264 g/mol. The maximum atomic E-state index is 11.7. The Labute approximate surface area is 127 Å². The summed E-state index contributed by atoms with van der Waals surface area (Å²) in [5.74, 6) is 2.06. The fourth-order valence-corrected chi connectivity index (χ4v) is 2.06. The van der Waals surface area contributed by atoms with E-state index >= 15 is 0 Å². The van der Waals surface area contributed by atoms with E-state index in [9.17, 15) is 4.79 Å². The summed E-state index contributed by atoms with van der Waals surface area (Å²) >= 11 is 0. The summed E-state index contributed by atoms with van der Waals surface area (Å²) in [6, 6.07) is 7.88. The summed E-state index contributed by atoms with van der Waals surface area (Å²) in [4.78, 5) is 11.7. The largest absolute Gasteiger partial charge is 0.483 e. The Bertz CT molecular complexity index is 456. The molecule has 21 heavy (non-hydrogen) atoms. The number of rotatable bonds is 9. The van der Waals surface area contributed by atoms with Crippen molar-refractivity contribution in [3.8, 4) is 5.75 Å². The Morgan fingerprint density at radius 3 is 2.81 bits per heavy atom. The molecule has 0 saturated heterocycles. The van der Waals surface area contributed by atoms with Gasteiger partial charge in [-0.25, -0.2) is 0 Å². The summed E-state index contributed by atoms with van der Waals surface area (Å²) in [7, 11) is 0. The minimum atomic E-state index is -0.0353. The van der Waals surface area contributed by atoms with E-state index in [1.54, 1.807) is 0 Å². The summed E-state index contributed by atoms with van der Waals surface area (Å²) in [6.07, 6.45) is 2.48. The van der Waals surface area contributed by atoms with Crippen LogP contribution in [0.5, 0.6) is 5.75 Å². The van der Waals surface area contributed by atoms with Crippen molar-refractivity contribution in [2.45, 2.75) is 33.2 Å². The van der Waals surface area contributed by atoms with Gasteiger partial charge in [0.05, 0.1) is 0 Å². The topological polar surface area (TPSA) is 50.4 Å². The maximum Gasteiger partial charge on any atom is 0.257 e. The highest BCUT2D eigenvalue weighted by molar-refractivity contribution is 5.77. The van der Waals surface area contributed by atoms with E-state index in [-0.39, 0.29) is 12.5 Å². The Morgan fingerprint density at radius 2 is 2.10 bits per heavy atom. The first-order valence-electron chi connectivity index (χ1n) is 7.83. The van der Waals surface area contributed by atoms with Crippen molar-refractivity contribution in [2.75, 3.05) is 19.7 Å². The summed E-state index contributed by atoms with van der Waals surface area (Å²) in [6.45, 7) is 6.97. The normalized spacial score (nSPS) is 14.2. The number of hydrogen-bond acceptors (Lipinski definition) is 3. The number of carbonyl (C=O) groups is 1. The van der Waals surface area contributed by atoms with Crippen molar-refractivity contribution in [2.24, 2.45) is 11.8 Å². The summed E-state index contributed by atoms with van der Waals surface area (Å²) < 4.78 is 5.66. The minimum Gasteiger partial charge on any atom is -0.483 e. The average molecular weight is 290 g/mol. The highest BCUT2D eigenvalue weighted by Gasteiger charge is 2.21. The van der Waals surface area contributed by atoms with Crippen molar-refractivity contribution < 1.29 is 9.53 Å². The van der Waals surface area contributed by atoms with Gasteiger partial charge in [-0.3, -0.25) is 4.79 Å². The Kier molecular flexibility index (Phi) is 6.05. The van der Waals surface area contributed by atoms with E-state index in [1.165, 1.54) is 12.8 Å². The van der Waals surface area contributed by atoms with Crippen LogP contribution in [0.3, 0.4) is 0 Å². The van der Waals surface area contributed by atoms with Gasteiger partial charge in [0.25, 0.3) is 5.91 Å². The number of benzene rings is 1. The van der Waals surface area contributed by atoms with Crippen LogP contribution < -0.4 is 15.4 Å². The van der Waals surface area contributed by atoms with Crippen molar-refractivity contribution in [1.82, 2.24) is 10.6 Å². The molecule has 1 aliphatic carbocycles. The Balaban J connectivity index is 1.76. The second-order valence-corrected chi connectivity index (χ2v) is 6.17. The molecule has 0 atom stereocenters. The molecule has 0 bridgehead atoms. The third-order valence-electron chi connectivity index (χ3n) is 3.48. The molecule has 4 heteroatoms. The second kappa shape index (κ2) is 8.03. The zero-order chi connectivity index (χ0) is 15.1. The molecule has 1 amide bonds. The van der Waals surface area contributed by atoms with Crippen LogP contribution in [0, 0.1) is 11.8 Å². The minimum absolute atomic E-state index is 0.0353. The van der Waals surface area contributed by atoms with Gasteiger partial charge in [0.15, 0.2) is 6.61 Å². The fourth-order valence-electron chi connectivity index (χ4n) is 2.06. The smallest absolute Gasteiger partial charge is 0.257 e. The first-order valence-corrected chi connectivity index (χ1v) is 7.83. The van der Waals surface area contributed by atoms with Crippen molar-refractivity contribution >= 4 is 5.91 Å². The molecule has 1 aromatic rings.